The summed E-state index contributed by atoms with van der Waals surface area (Å²) in [7, 11) is 0. The van der Waals surface area contributed by atoms with Crippen molar-refractivity contribution in [3.8, 4) is 5.75 Å². The molecular weight excluding hydrogens is 250 g/mol. The second-order valence-electron chi connectivity index (χ2n) is 6.06. The van der Waals surface area contributed by atoms with Crippen LogP contribution >= 0.6 is 0 Å². The zero-order valence-corrected chi connectivity index (χ0v) is 13.3. The monoisotopic (exact) mass is 277 g/mol. The number of guanidine groups is 1. The summed E-state index contributed by atoms with van der Waals surface area (Å²) in [5.41, 5.74) is 8.08. The summed E-state index contributed by atoms with van der Waals surface area (Å²) in [4.78, 5) is 4.29. The van der Waals surface area contributed by atoms with Crippen molar-refractivity contribution in [3.63, 3.8) is 0 Å². The highest BCUT2D eigenvalue weighted by molar-refractivity contribution is 5.78. The molecule has 0 radical (unpaired) electrons. The molecule has 1 aromatic carbocycles. The Hall–Kier alpha value is -1.71. The zero-order chi connectivity index (χ0) is 15.2. The van der Waals surface area contributed by atoms with Gasteiger partial charge in [0.25, 0.3) is 0 Å². The molecule has 0 fully saturated rings. The van der Waals surface area contributed by atoms with Gasteiger partial charge in [0.15, 0.2) is 5.96 Å². The van der Waals surface area contributed by atoms with Crippen LogP contribution in [-0.2, 0) is 0 Å². The lowest BCUT2D eigenvalue weighted by atomic mass is 10.1. The van der Waals surface area contributed by atoms with E-state index >= 15 is 0 Å². The Bertz CT molecular complexity index is 441. The van der Waals surface area contributed by atoms with Gasteiger partial charge in [-0.3, -0.25) is 4.99 Å². The molecule has 0 saturated carbocycles. The van der Waals surface area contributed by atoms with Crippen LogP contribution in [0.15, 0.2) is 23.2 Å². The highest BCUT2D eigenvalue weighted by Crippen LogP contribution is 2.22. The van der Waals surface area contributed by atoms with Gasteiger partial charge in [0, 0.05) is 18.5 Å². The Kier molecular flexibility index (Phi) is 5.86. The normalized spacial score (nSPS) is 12.3. The second-order valence-corrected chi connectivity index (χ2v) is 6.06. The third kappa shape index (κ3) is 5.95. The summed E-state index contributed by atoms with van der Waals surface area (Å²) < 4.78 is 5.82. The fourth-order valence-electron chi connectivity index (χ4n) is 1.89. The average molecular weight is 277 g/mol. The van der Waals surface area contributed by atoms with Gasteiger partial charge in [0.2, 0.25) is 0 Å². The number of para-hydroxylation sites is 1. The summed E-state index contributed by atoms with van der Waals surface area (Å²) in [6, 6.07) is 6.16. The van der Waals surface area contributed by atoms with Crippen molar-refractivity contribution in [1.29, 1.82) is 0 Å². The lowest BCUT2D eigenvalue weighted by molar-refractivity contribution is 0.309. The molecule has 0 heterocycles. The van der Waals surface area contributed by atoms with Crippen LogP contribution in [0.4, 0.5) is 0 Å². The third-order valence-corrected chi connectivity index (χ3v) is 2.74. The number of nitrogens with two attached hydrogens (primary N) is 1. The van der Waals surface area contributed by atoms with Gasteiger partial charge in [0.1, 0.15) is 5.75 Å². The predicted molar refractivity (Wildman–Crippen MR) is 85.4 cm³/mol. The first-order chi connectivity index (χ1) is 9.29. The van der Waals surface area contributed by atoms with Crippen molar-refractivity contribution in [2.75, 3.05) is 13.2 Å². The minimum Gasteiger partial charge on any atom is -0.493 e. The number of rotatable bonds is 5. The molecule has 4 nitrogen and oxygen atoms in total. The van der Waals surface area contributed by atoms with Crippen molar-refractivity contribution < 1.29 is 4.74 Å². The number of benzene rings is 1. The molecule has 0 atom stereocenters. The van der Waals surface area contributed by atoms with E-state index in [1.54, 1.807) is 0 Å². The van der Waals surface area contributed by atoms with Crippen LogP contribution in [0.5, 0.6) is 5.75 Å². The first-order valence-corrected chi connectivity index (χ1v) is 7.07. The molecule has 0 spiro atoms. The Morgan fingerprint density at radius 3 is 2.40 bits per heavy atom. The van der Waals surface area contributed by atoms with Crippen molar-refractivity contribution in [3.05, 3.63) is 29.3 Å². The van der Waals surface area contributed by atoms with E-state index in [1.807, 2.05) is 6.07 Å². The molecule has 0 saturated heterocycles. The molecule has 0 aromatic heterocycles. The molecule has 0 aliphatic carbocycles. The van der Waals surface area contributed by atoms with Gasteiger partial charge in [-0.1, -0.05) is 18.2 Å². The number of hydrogen-bond donors (Lipinski definition) is 2. The number of ether oxygens (including phenoxy) is 1. The highest BCUT2D eigenvalue weighted by atomic mass is 16.5. The average Bonchev–Trinajstić information content (AvgIpc) is 2.29. The molecule has 0 unspecified atom stereocenters. The number of aryl methyl sites for hydroxylation is 2. The van der Waals surface area contributed by atoms with Crippen LogP contribution < -0.4 is 15.8 Å². The van der Waals surface area contributed by atoms with E-state index in [0.29, 0.717) is 19.1 Å². The maximum absolute atomic E-state index is 5.82. The maximum Gasteiger partial charge on any atom is 0.188 e. The minimum atomic E-state index is -0.0532. The number of nitrogens with zero attached hydrogens (tertiary/aromatic N) is 1. The van der Waals surface area contributed by atoms with Crippen LogP contribution in [0.2, 0.25) is 0 Å². The van der Waals surface area contributed by atoms with Crippen LogP contribution in [-0.4, -0.2) is 24.7 Å². The van der Waals surface area contributed by atoms with Gasteiger partial charge < -0.3 is 15.8 Å². The molecule has 0 aliphatic heterocycles. The van der Waals surface area contributed by atoms with Crippen LogP contribution in [0.1, 0.15) is 38.3 Å². The number of aliphatic imine (C=N–C) groups is 1. The van der Waals surface area contributed by atoms with E-state index in [4.69, 9.17) is 10.5 Å². The summed E-state index contributed by atoms with van der Waals surface area (Å²) >= 11 is 0. The Labute approximate surface area is 122 Å². The smallest absolute Gasteiger partial charge is 0.188 e. The fraction of sp³-hybridized carbons (Fsp3) is 0.562. The van der Waals surface area contributed by atoms with E-state index in [0.717, 1.165) is 12.2 Å². The third-order valence-electron chi connectivity index (χ3n) is 2.74. The number of nitrogens with one attached hydrogen (secondary N) is 1. The van der Waals surface area contributed by atoms with E-state index in [9.17, 15) is 0 Å². The standard InChI is InChI=1S/C16H27N3O/c1-12-8-6-9-13(2)14(12)20-11-7-10-18-15(17)19-16(3,4)5/h6,8-9H,7,10-11H2,1-5H3,(H3,17,18,19). The summed E-state index contributed by atoms with van der Waals surface area (Å²) in [5.74, 6) is 1.47. The second kappa shape index (κ2) is 7.17. The van der Waals surface area contributed by atoms with Gasteiger partial charge in [-0.2, -0.15) is 0 Å². The molecule has 0 aliphatic rings. The minimum absolute atomic E-state index is 0.0532. The number of hydrogen-bond acceptors (Lipinski definition) is 2. The molecular formula is C16H27N3O. The maximum atomic E-state index is 5.82. The first kappa shape index (κ1) is 16.3. The molecule has 4 heteroatoms. The molecule has 3 N–H and O–H groups in total. The Balaban J connectivity index is 2.34. The quantitative estimate of drug-likeness (QED) is 0.494. The Morgan fingerprint density at radius 1 is 1.25 bits per heavy atom. The van der Waals surface area contributed by atoms with Gasteiger partial charge in [-0.15, -0.1) is 0 Å². The fourth-order valence-corrected chi connectivity index (χ4v) is 1.89. The highest BCUT2D eigenvalue weighted by Gasteiger charge is 2.09. The van der Waals surface area contributed by atoms with E-state index in [1.165, 1.54) is 11.1 Å². The molecule has 112 valence electrons. The molecule has 0 bridgehead atoms. The van der Waals surface area contributed by atoms with Gasteiger partial charge >= 0.3 is 0 Å². The van der Waals surface area contributed by atoms with Crippen LogP contribution in [0.25, 0.3) is 0 Å². The predicted octanol–water partition coefficient (Wildman–Crippen LogP) is 2.78. The molecule has 1 rings (SSSR count). The SMILES string of the molecule is Cc1cccc(C)c1OCCCN=C(N)NC(C)(C)C. The van der Waals surface area contributed by atoms with Gasteiger partial charge in [-0.25, -0.2) is 0 Å². The zero-order valence-electron chi connectivity index (χ0n) is 13.3. The van der Waals surface area contributed by atoms with E-state index in [2.05, 4.69) is 57.1 Å². The lowest BCUT2D eigenvalue weighted by Crippen LogP contribution is -2.45. The first-order valence-electron chi connectivity index (χ1n) is 7.07. The topological polar surface area (TPSA) is 59.6 Å². The van der Waals surface area contributed by atoms with Crippen molar-refractivity contribution in [1.82, 2.24) is 5.32 Å². The van der Waals surface area contributed by atoms with Gasteiger partial charge in [-0.05, 0) is 45.7 Å². The Morgan fingerprint density at radius 2 is 1.85 bits per heavy atom. The summed E-state index contributed by atoms with van der Waals surface area (Å²) in [6.45, 7) is 11.6. The molecule has 1 aromatic rings. The lowest BCUT2D eigenvalue weighted by Gasteiger charge is -2.21. The van der Waals surface area contributed by atoms with Crippen LogP contribution in [0, 0.1) is 13.8 Å². The van der Waals surface area contributed by atoms with Gasteiger partial charge in [0.05, 0.1) is 6.61 Å². The van der Waals surface area contributed by atoms with Crippen LogP contribution in [0.3, 0.4) is 0 Å². The summed E-state index contributed by atoms with van der Waals surface area (Å²) in [6.07, 6.45) is 0.848. The van der Waals surface area contributed by atoms with Crippen molar-refractivity contribution in [2.24, 2.45) is 10.7 Å². The van der Waals surface area contributed by atoms with E-state index in [-0.39, 0.29) is 5.54 Å². The van der Waals surface area contributed by atoms with Crippen molar-refractivity contribution in [2.45, 2.75) is 46.6 Å². The summed E-state index contributed by atoms with van der Waals surface area (Å²) in [5, 5.41) is 3.13. The van der Waals surface area contributed by atoms with E-state index < -0.39 is 0 Å². The molecule has 0 amide bonds. The van der Waals surface area contributed by atoms with Crippen molar-refractivity contribution >= 4 is 5.96 Å². The molecule has 20 heavy (non-hydrogen) atoms. The largest absolute Gasteiger partial charge is 0.493 e.